The molecule has 0 saturated heterocycles. The molecule has 0 aliphatic carbocycles. The molecule has 7 nitrogen and oxygen atoms in total. The maximum absolute atomic E-state index is 12.2. The molecule has 0 radical (unpaired) electrons. The summed E-state index contributed by atoms with van der Waals surface area (Å²) < 4.78 is 5.12. The number of rotatable bonds is 5. The van der Waals surface area contributed by atoms with Crippen LogP contribution in [-0.4, -0.2) is 24.4 Å². The Morgan fingerprint density at radius 2 is 1.79 bits per heavy atom. The number of carbonyl (C=O) groups excluding carboxylic acids is 3. The molecule has 1 aromatic heterocycles. The van der Waals surface area contributed by atoms with Gasteiger partial charge in [0.05, 0.1) is 18.0 Å². The number of amides is 2. The Balaban J connectivity index is 1.90. The largest absolute Gasteiger partial charge is 0.462 e. The minimum absolute atomic E-state index is 0.285. The van der Waals surface area contributed by atoms with Gasteiger partial charge in [0, 0.05) is 17.0 Å². The van der Waals surface area contributed by atoms with Crippen LogP contribution < -0.4 is 4.90 Å². The number of anilines is 1. The molecule has 0 atom stereocenters. The first kappa shape index (κ1) is 19.6. The van der Waals surface area contributed by atoms with E-state index in [0.29, 0.717) is 21.9 Å². The van der Waals surface area contributed by atoms with E-state index >= 15 is 0 Å². The summed E-state index contributed by atoms with van der Waals surface area (Å²) in [6.45, 7) is 7.62. The molecule has 0 fully saturated rings. The second-order valence-corrected chi connectivity index (χ2v) is 7.40. The zero-order chi connectivity index (χ0) is 20.4. The van der Waals surface area contributed by atoms with E-state index in [1.807, 2.05) is 20.8 Å². The number of hydrogen-bond donors (Lipinski definition) is 0. The average molecular weight is 397 g/mol. The summed E-state index contributed by atoms with van der Waals surface area (Å²) in [7, 11) is 0. The van der Waals surface area contributed by atoms with E-state index < -0.39 is 5.97 Å². The normalized spacial score (nSPS) is 13.8. The van der Waals surface area contributed by atoms with Gasteiger partial charge < -0.3 is 4.74 Å². The van der Waals surface area contributed by atoms with Crippen molar-refractivity contribution in [1.29, 1.82) is 0 Å². The van der Waals surface area contributed by atoms with Crippen molar-refractivity contribution in [2.45, 2.75) is 27.7 Å². The van der Waals surface area contributed by atoms with Gasteiger partial charge in [0.15, 0.2) is 5.00 Å². The Morgan fingerprint density at radius 3 is 2.39 bits per heavy atom. The molecule has 2 heterocycles. The number of azo groups is 1. The van der Waals surface area contributed by atoms with Crippen LogP contribution in [0.1, 0.15) is 33.3 Å². The molecule has 8 heteroatoms. The smallest absolute Gasteiger partial charge is 0.341 e. The van der Waals surface area contributed by atoms with Crippen LogP contribution in [0.25, 0.3) is 0 Å². The number of thiophene rings is 1. The Labute approximate surface area is 166 Å². The summed E-state index contributed by atoms with van der Waals surface area (Å²) in [6.07, 6.45) is 2.48. The number of benzene rings is 1. The van der Waals surface area contributed by atoms with Crippen LogP contribution in [-0.2, 0) is 14.3 Å². The molecule has 0 N–H and O–H groups in total. The average Bonchev–Trinajstić information content (AvgIpc) is 3.13. The highest BCUT2D eigenvalue weighted by Crippen LogP contribution is 2.37. The molecule has 1 aliphatic heterocycles. The van der Waals surface area contributed by atoms with Crippen LogP contribution in [0.5, 0.6) is 0 Å². The van der Waals surface area contributed by atoms with Crippen LogP contribution >= 0.6 is 11.3 Å². The third-order valence-corrected chi connectivity index (χ3v) is 5.43. The van der Waals surface area contributed by atoms with Gasteiger partial charge in [-0.05, 0) is 57.0 Å². The molecule has 1 aromatic carbocycles. The monoisotopic (exact) mass is 397 g/mol. The van der Waals surface area contributed by atoms with E-state index in [1.54, 1.807) is 25.1 Å². The van der Waals surface area contributed by atoms with Gasteiger partial charge in [0.1, 0.15) is 5.56 Å². The molecule has 2 aromatic rings. The highest BCUT2D eigenvalue weighted by atomic mass is 32.1. The predicted molar refractivity (Wildman–Crippen MR) is 107 cm³/mol. The molecule has 144 valence electrons. The molecule has 2 amide bonds. The van der Waals surface area contributed by atoms with Gasteiger partial charge in [-0.2, -0.15) is 0 Å². The number of ether oxygens (including phenoxy) is 1. The van der Waals surface area contributed by atoms with Crippen LogP contribution in [0, 0.1) is 20.8 Å². The topological polar surface area (TPSA) is 88.4 Å². The SMILES string of the molecule is CCOC(=O)c1c(N=Nc2ccc(N3C(=O)C=CC3=O)cc2C)sc(C)c1C. The highest BCUT2D eigenvalue weighted by molar-refractivity contribution is 7.16. The fourth-order valence-electron chi connectivity index (χ4n) is 2.77. The summed E-state index contributed by atoms with van der Waals surface area (Å²) in [5.74, 6) is -1.16. The standard InChI is InChI=1S/C20H19N3O4S/c1-5-27-20(26)18-12(3)13(4)28-19(18)22-21-15-7-6-14(10-11(15)2)23-16(24)8-9-17(23)25/h6-10H,5H2,1-4H3. The van der Waals surface area contributed by atoms with Gasteiger partial charge in [-0.1, -0.05) is 0 Å². The van der Waals surface area contributed by atoms with Crippen molar-refractivity contribution in [3.8, 4) is 0 Å². The van der Waals surface area contributed by atoms with Crippen molar-refractivity contribution in [2.24, 2.45) is 10.2 Å². The first-order chi connectivity index (χ1) is 13.3. The van der Waals surface area contributed by atoms with Gasteiger partial charge in [-0.3, -0.25) is 9.59 Å². The molecule has 0 spiro atoms. The number of aryl methyl sites for hydroxylation is 2. The third kappa shape index (κ3) is 3.63. The minimum Gasteiger partial charge on any atom is -0.462 e. The highest BCUT2D eigenvalue weighted by Gasteiger charge is 2.25. The van der Waals surface area contributed by atoms with Crippen molar-refractivity contribution < 1.29 is 19.1 Å². The number of nitrogens with zero attached hydrogens (tertiary/aromatic N) is 3. The van der Waals surface area contributed by atoms with E-state index in [4.69, 9.17) is 4.74 Å². The first-order valence-electron chi connectivity index (χ1n) is 8.69. The number of carbonyl (C=O) groups is 3. The Hall–Kier alpha value is -3.13. The summed E-state index contributed by atoms with van der Waals surface area (Å²) in [6, 6.07) is 5.03. The van der Waals surface area contributed by atoms with Crippen LogP contribution in [0.3, 0.4) is 0 Å². The van der Waals surface area contributed by atoms with E-state index in [0.717, 1.165) is 20.9 Å². The lowest BCUT2D eigenvalue weighted by Crippen LogP contribution is -2.29. The summed E-state index contributed by atoms with van der Waals surface area (Å²) in [4.78, 5) is 37.9. The van der Waals surface area contributed by atoms with Gasteiger partial charge in [-0.25, -0.2) is 9.69 Å². The van der Waals surface area contributed by atoms with Crippen LogP contribution in [0.15, 0.2) is 40.6 Å². The van der Waals surface area contributed by atoms with E-state index in [9.17, 15) is 14.4 Å². The lowest BCUT2D eigenvalue weighted by Gasteiger charge is -2.14. The number of hydrogen-bond acceptors (Lipinski definition) is 7. The Bertz CT molecular complexity index is 1020. The number of esters is 1. The second kappa shape index (κ2) is 7.85. The fraction of sp³-hybridized carbons (Fsp3) is 0.250. The van der Waals surface area contributed by atoms with Gasteiger partial charge in [-0.15, -0.1) is 21.6 Å². The lowest BCUT2D eigenvalue weighted by molar-refractivity contribution is -0.119. The third-order valence-electron chi connectivity index (χ3n) is 4.34. The molecule has 28 heavy (non-hydrogen) atoms. The molecular weight excluding hydrogens is 378 g/mol. The molecule has 0 bridgehead atoms. The number of imide groups is 1. The van der Waals surface area contributed by atoms with Crippen LogP contribution in [0.2, 0.25) is 0 Å². The molecule has 0 saturated carbocycles. The van der Waals surface area contributed by atoms with Crippen molar-refractivity contribution >= 4 is 45.5 Å². The zero-order valence-corrected chi connectivity index (χ0v) is 16.8. The molecule has 3 rings (SSSR count). The maximum Gasteiger partial charge on any atom is 0.341 e. The minimum atomic E-state index is -0.413. The van der Waals surface area contributed by atoms with Crippen molar-refractivity contribution in [3.05, 3.63) is 51.9 Å². The van der Waals surface area contributed by atoms with Crippen molar-refractivity contribution in [2.75, 3.05) is 11.5 Å². The predicted octanol–water partition coefficient (Wildman–Crippen LogP) is 4.69. The van der Waals surface area contributed by atoms with Crippen molar-refractivity contribution in [1.82, 2.24) is 0 Å². The zero-order valence-electron chi connectivity index (χ0n) is 16.0. The van der Waals surface area contributed by atoms with Crippen LogP contribution in [0.4, 0.5) is 16.4 Å². The maximum atomic E-state index is 12.2. The Kier molecular flexibility index (Phi) is 5.51. The summed E-state index contributed by atoms with van der Waals surface area (Å²) >= 11 is 1.38. The summed E-state index contributed by atoms with van der Waals surface area (Å²) in [5, 5.41) is 9.02. The second-order valence-electron chi connectivity index (χ2n) is 6.20. The first-order valence-corrected chi connectivity index (χ1v) is 9.50. The van der Waals surface area contributed by atoms with Gasteiger partial charge >= 0.3 is 5.97 Å². The molecular formula is C20H19N3O4S. The molecule has 0 unspecified atom stereocenters. The Morgan fingerprint density at radius 1 is 1.11 bits per heavy atom. The van der Waals surface area contributed by atoms with E-state index in [-0.39, 0.29) is 18.4 Å². The molecule has 1 aliphatic rings. The van der Waals surface area contributed by atoms with Crippen molar-refractivity contribution in [3.63, 3.8) is 0 Å². The van der Waals surface area contributed by atoms with Gasteiger partial charge in [0.2, 0.25) is 0 Å². The van der Waals surface area contributed by atoms with E-state index in [1.165, 1.54) is 23.5 Å². The van der Waals surface area contributed by atoms with Gasteiger partial charge in [0.25, 0.3) is 11.8 Å². The quantitative estimate of drug-likeness (QED) is 0.416. The lowest BCUT2D eigenvalue weighted by atomic mass is 10.1. The van der Waals surface area contributed by atoms with E-state index in [2.05, 4.69) is 10.2 Å². The summed E-state index contributed by atoms with van der Waals surface area (Å²) in [5.41, 5.74) is 3.07. The fourth-order valence-corrected chi connectivity index (χ4v) is 3.73.